The van der Waals surface area contributed by atoms with Gasteiger partial charge in [-0.1, -0.05) is 6.92 Å². The molecule has 0 unspecified atom stereocenters. The van der Waals surface area contributed by atoms with Gasteiger partial charge in [-0.3, -0.25) is 9.20 Å². The minimum absolute atomic E-state index is 0.212. The van der Waals surface area contributed by atoms with Gasteiger partial charge in [-0.05, 0) is 18.6 Å². The summed E-state index contributed by atoms with van der Waals surface area (Å²) in [7, 11) is 0. The number of carbonyl (C=O) groups excluding carboxylic acids is 2. The molecule has 26 heavy (non-hydrogen) atoms. The van der Waals surface area contributed by atoms with Crippen molar-refractivity contribution in [3.63, 3.8) is 0 Å². The molecular formula is C17H17N5O4. The van der Waals surface area contributed by atoms with E-state index < -0.39 is 12.0 Å². The molecule has 4 heterocycles. The number of nitrogens with zero attached hydrogens (tertiary/aromatic N) is 3. The van der Waals surface area contributed by atoms with E-state index in [-0.39, 0.29) is 18.8 Å². The molecule has 1 aliphatic rings. The van der Waals surface area contributed by atoms with Crippen molar-refractivity contribution in [3.8, 4) is 5.88 Å². The van der Waals surface area contributed by atoms with Gasteiger partial charge in [0, 0.05) is 24.0 Å². The number of amides is 2. The highest BCUT2D eigenvalue weighted by Gasteiger charge is 2.33. The van der Waals surface area contributed by atoms with E-state index in [1.807, 2.05) is 6.92 Å². The number of rotatable bonds is 5. The van der Waals surface area contributed by atoms with Gasteiger partial charge in [-0.2, -0.15) is 0 Å². The summed E-state index contributed by atoms with van der Waals surface area (Å²) in [6.45, 7) is 2.15. The summed E-state index contributed by atoms with van der Waals surface area (Å²) in [6.07, 6.45) is 4.88. The second-order valence-electron chi connectivity index (χ2n) is 6.01. The third kappa shape index (κ3) is 2.57. The van der Waals surface area contributed by atoms with E-state index in [1.54, 1.807) is 35.1 Å². The van der Waals surface area contributed by atoms with Gasteiger partial charge in [-0.25, -0.2) is 14.8 Å². The fourth-order valence-corrected chi connectivity index (χ4v) is 3.18. The van der Waals surface area contributed by atoms with Crippen LogP contribution in [-0.4, -0.2) is 45.1 Å². The summed E-state index contributed by atoms with van der Waals surface area (Å²) < 4.78 is 12.8. The molecule has 9 heteroatoms. The molecular weight excluding hydrogens is 338 g/mol. The molecule has 134 valence electrons. The monoisotopic (exact) mass is 355 g/mol. The average Bonchev–Trinajstić information content (AvgIpc) is 3.25. The lowest BCUT2D eigenvalue weighted by molar-refractivity contribution is 0.100. The van der Waals surface area contributed by atoms with Crippen LogP contribution in [0.5, 0.6) is 5.88 Å². The predicted octanol–water partition coefficient (Wildman–Crippen LogP) is 1.25. The Kier molecular flexibility index (Phi) is 3.83. The van der Waals surface area contributed by atoms with Crippen molar-refractivity contribution < 1.29 is 19.1 Å². The Balaban J connectivity index is 1.73. The Bertz CT molecular complexity index is 1010. The molecule has 1 aliphatic heterocycles. The molecule has 0 aliphatic carbocycles. The molecule has 0 radical (unpaired) electrons. The maximum atomic E-state index is 11.7. The number of fused-ring (bicyclic) bond motifs is 3. The first-order valence-electron chi connectivity index (χ1n) is 8.23. The zero-order chi connectivity index (χ0) is 18.3. The van der Waals surface area contributed by atoms with Gasteiger partial charge in [0.15, 0.2) is 0 Å². The smallest absolute Gasteiger partial charge is 0.407 e. The molecule has 2 atom stereocenters. The van der Waals surface area contributed by atoms with Gasteiger partial charge in [0.25, 0.3) is 5.91 Å². The number of aromatic nitrogens is 3. The normalized spacial score (nSPS) is 19.5. The number of carbonyl (C=O) groups is 2. The molecule has 1 fully saturated rings. The Hall–Kier alpha value is -3.36. The van der Waals surface area contributed by atoms with E-state index in [0.29, 0.717) is 29.0 Å². The van der Waals surface area contributed by atoms with Crippen LogP contribution in [0.3, 0.4) is 0 Å². The summed E-state index contributed by atoms with van der Waals surface area (Å²) in [6, 6.07) is 3.18. The zero-order valence-corrected chi connectivity index (χ0v) is 14.0. The molecule has 0 spiro atoms. The van der Waals surface area contributed by atoms with Crippen molar-refractivity contribution in [2.24, 2.45) is 5.73 Å². The number of imidazole rings is 1. The van der Waals surface area contributed by atoms with Crippen LogP contribution in [0.4, 0.5) is 4.79 Å². The largest absolute Gasteiger partial charge is 0.474 e. The lowest BCUT2D eigenvalue weighted by Gasteiger charge is -2.16. The highest BCUT2D eigenvalue weighted by molar-refractivity contribution is 6.03. The second kappa shape index (κ2) is 6.17. The summed E-state index contributed by atoms with van der Waals surface area (Å²) in [5.74, 6) is -0.184. The van der Waals surface area contributed by atoms with Crippen molar-refractivity contribution in [1.29, 1.82) is 0 Å². The van der Waals surface area contributed by atoms with Crippen molar-refractivity contribution in [3.05, 3.63) is 36.3 Å². The quantitative estimate of drug-likeness (QED) is 0.710. The van der Waals surface area contributed by atoms with Gasteiger partial charge in [0.1, 0.15) is 29.9 Å². The number of hydrogen-bond donors (Lipinski definition) is 2. The highest BCUT2D eigenvalue weighted by Crippen LogP contribution is 2.27. The van der Waals surface area contributed by atoms with Gasteiger partial charge in [-0.15, -0.1) is 0 Å². The number of nitrogens with one attached hydrogen (secondary N) is 1. The van der Waals surface area contributed by atoms with E-state index in [1.165, 1.54) is 0 Å². The number of pyridine rings is 2. The number of cyclic esters (lactones) is 1. The minimum atomic E-state index is -0.556. The van der Waals surface area contributed by atoms with Crippen molar-refractivity contribution in [1.82, 2.24) is 19.7 Å². The third-order valence-electron chi connectivity index (χ3n) is 4.42. The topological polar surface area (TPSA) is 121 Å². The van der Waals surface area contributed by atoms with E-state index in [9.17, 15) is 9.59 Å². The number of primary amides is 1. The van der Waals surface area contributed by atoms with Crippen LogP contribution in [0.25, 0.3) is 16.6 Å². The van der Waals surface area contributed by atoms with E-state index in [4.69, 9.17) is 15.2 Å². The van der Waals surface area contributed by atoms with Crippen LogP contribution >= 0.6 is 0 Å². The molecule has 9 nitrogen and oxygen atoms in total. The fraction of sp³-hybridized carbons (Fsp3) is 0.294. The molecule has 2 amide bonds. The first-order valence-corrected chi connectivity index (χ1v) is 8.23. The van der Waals surface area contributed by atoms with E-state index >= 15 is 0 Å². The maximum absolute atomic E-state index is 11.7. The van der Waals surface area contributed by atoms with Gasteiger partial charge >= 0.3 is 6.09 Å². The van der Waals surface area contributed by atoms with Gasteiger partial charge in [0.2, 0.25) is 5.88 Å². The van der Waals surface area contributed by atoms with Gasteiger partial charge < -0.3 is 20.5 Å². The Labute approximate surface area is 148 Å². The van der Waals surface area contributed by atoms with E-state index in [2.05, 4.69) is 15.3 Å². The van der Waals surface area contributed by atoms with Crippen molar-refractivity contribution in [2.45, 2.75) is 25.5 Å². The number of alkyl carbamates (subject to hydrolysis) is 1. The van der Waals surface area contributed by atoms with Crippen molar-refractivity contribution in [2.75, 3.05) is 6.61 Å². The SMILES string of the molecule is CC[C@@H]1OC(=O)N[C@H]1COc1nccc2cc(C(N)=O)c3nccn3c12. The highest BCUT2D eigenvalue weighted by atomic mass is 16.6. The van der Waals surface area contributed by atoms with Crippen LogP contribution in [0.15, 0.2) is 30.7 Å². The molecule has 0 aromatic carbocycles. The molecule has 3 N–H and O–H groups in total. The lowest BCUT2D eigenvalue weighted by atomic mass is 10.1. The molecule has 4 rings (SSSR count). The fourth-order valence-electron chi connectivity index (χ4n) is 3.18. The predicted molar refractivity (Wildman–Crippen MR) is 92.0 cm³/mol. The summed E-state index contributed by atoms with van der Waals surface area (Å²) in [5.41, 5.74) is 6.89. The third-order valence-corrected chi connectivity index (χ3v) is 4.42. The summed E-state index contributed by atoms with van der Waals surface area (Å²) in [5, 5.41) is 3.48. The number of nitrogens with two attached hydrogens (primary N) is 1. The lowest BCUT2D eigenvalue weighted by Crippen LogP contribution is -2.37. The average molecular weight is 355 g/mol. The zero-order valence-electron chi connectivity index (χ0n) is 14.0. The molecule has 0 saturated carbocycles. The van der Waals surface area contributed by atoms with Crippen LogP contribution in [-0.2, 0) is 4.74 Å². The van der Waals surface area contributed by atoms with Crippen molar-refractivity contribution >= 4 is 28.6 Å². The van der Waals surface area contributed by atoms with Gasteiger partial charge in [0.05, 0.1) is 5.56 Å². The van der Waals surface area contributed by atoms with E-state index in [0.717, 1.165) is 5.39 Å². The molecule has 1 saturated heterocycles. The first-order chi connectivity index (χ1) is 12.6. The van der Waals surface area contributed by atoms with Crippen LogP contribution in [0.1, 0.15) is 23.7 Å². The van der Waals surface area contributed by atoms with Crippen LogP contribution in [0.2, 0.25) is 0 Å². The summed E-state index contributed by atoms with van der Waals surface area (Å²) in [4.78, 5) is 31.6. The Morgan fingerprint density at radius 3 is 3.04 bits per heavy atom. The number of hydrogen-bond acceptors (Lipinski definition) is 6. The Morgan fingerprint density at radius 2 is 2.27 bits per heavy atom. The molecule has 3 aromatic rings. The maximum Gasteiger partial charge on any atom is 0.407 e. The first kappa shape index (κ1) is 16.1. The molecule has 3 aromatic heterocycles. The van der Waals surface area contributed by atoms with Crippen LogP contribution in [0, 0.1) is 0 Å². The molecule has 0 bridgehead atoms. The second-order valence-corrected chi connectivity index (χ2v) is 6.01. The minimum Gasteiger partial charge on any atom is -0.474 e. The summed E-state index contributed by atoms with van der Waals surface area (Å²) >= 11 is 0. The standard InChI is InChI=1S/C17H17N5O4/c1-2-12-11(21-17(24)26-12)8-25-16-13-9(3-4-20-16)7-10(14(18)23)15-19-5-6-22(13)15/h3-7,11-12H,2,8H2,1H3,(H2,18,23)(H,21,24)/t11-,12-/m0/s1. The Morgan fingerprint density at radius 1 is 1.42 bits per heavy atom. The van der Waals surface area contributed by atoms with Crippen LogP contribution < -0.4 is 15.8 Å². The number of ether oxygens (including phenoxy) is 2.